The lowest BCUT2D eigenvalue weighted by molar-refractivity contribution is -0.165. The maximum Gasteiger partial charge on any atom is 0.416 e. The monoisotopic (exact) mass is 290 g/mol. The predicted molar refractivity (Wildman–Crippen MR) is 66.5 cm³/mol. The number of hydrogen-bond acceptors (Lipinski definition) is 3. The Kier molecular flexibility index (Phi) is 5.25. The van der Waals surface area contributed by atoms with E-state index in [4.69, 9.17) is 14.2 Å². The summed E-state index contributed by atoms with van der Waals surface area (Å²) in [5, 5.41) is 0. The second-order valence-electron chi connectivity index (χ2n) is 4.54. The Morgan fingerprint density at radius 3 is 2.45 bits per heavy atom. The first-order valence-corrected chi connectivity index (χ1v) is 6.59. The molecule has 0 spiro atoms. The van der Waals surface area contributed by atoms with Crippen molar-refractivity contribution in [3.63, 3.8) is 0 Å². The fourth-order valence-corrected chi connectivity index (χ4v) is 1.92. The van der Waals surface area contributed by atoms with Crippen molar-refractivity contribution in [2.24, 2.45) is 0 Å². The normalized spacial score (nSPS) is 19.9. The van der Waals surface area contributed by atoms with Crippen LogP contribution in [0.1, 0.15) is 24.8 Å². The highest BCUT2D eigenvalue weighted by atomic mass is 19.4. The molecule has 3 nitrogen and oxygen atoms in total. The summed E-state index contributed by atoms with van der Waals surface area (Å²) in [5.74, 6) is 0.395. The highest BCUT2D eigenvalue weighted by Crippen LogP contribution is 2.30. The van der Waals surface area contributed by atoms with Gasteiger partial charge in [0, 0.05) is 6.61 Å². The van der Waals surface area contributed by atoms with Gasteiger partial charge in [0.15, 0.2) is 6.29 Å². The summed E-state index contributed by atoms with van der Waals surface area (Å²) in [6, 6.07) is 4.61. The van der Waals surface area contributed by atoms with E-state index in [9.17, 15) is 13.2 Å². The number of rotatable bonds is 5. The maximum atomic E-state index is 12.4. The van der Waals surface area contributed by atoms with Crippen molar-refractivity contribution in [2.75, 3.05) is 19.8 Å². The van der Waals surface area contributed by atoms with E-state index in [1.165, 1.54) is 12.1 Å². The van der Waals surface area contributed by atoms with E-state index >= 15 is 0 Å². The molecule has 0 radical (unpaired) electrons. The second kappa shape index (κ2) is 6.95. The van der Waals surface area contributed by atoms with Crippen LogP contribution in [0.4, 0.5) is 13.2 Å². The molecule has 0 aliphatic carbocycles. The topological polar surface area (TPSA) is 27.7 Å². The summed E-state index contributed by atoms with van der Waals surface area (Å²) in [5.41, 5.74) is -0.684. The molecule has 1 aromatic rings. The first-order valence-electron chi connectivity index (χ1n) is 6.59. The third-order valence-corrected chi connectivity index (χ3v) is 2.98. The molecule has 1 saturated heterocycles. The molecule has 0 aromatic heterocycles. The zero-order chi connectivity index (χ0) is 14.4. The Morgan fingerprint density at radius 1 is 1.10 bits per heavy atom. The van der Waals surface area contributed by atoms with Gasteiger partial charge in [0.25, 0.3) is 0 Å². The molecular formula is C14H17F3O3. The minimum absolute atomic E-state index is 0.181. The molecule has 1 heterocycles. The van der Waals surface area contributed by atoms with Crippen molar-refractivity contribution in [1.82, 2.24) is 0 Å². The number of hydrogen-bond donors (Lipinski definition) is 0. The lowest BCUT2D eigenvalue weighted by Gasteiger charge is -2.22. The molecule has 0 bridgehead atoms. The van der Waals surface area contributed by atoms with Gasteiger partial charge in [-0.05, 0) is 43.5 Å². The van der Waals surface area contributed by atoms with Crippen molar-refractivity contribution < 1.29 is 27.4 Å². The van der Waals surface area contributed by atoms with Gasteiger partial charge in [0.1, 0.15) is 12.4 Å². The van der Waals surface area contributed by atoms with Gasteiger partial charge in [-0.15, -0.1) is 0 Å². The van der Waals surface area contributed by atoms with Crippen LogP contribution in [0.2, 0.25) is 0 Å². The van der Waals surface area contributed by atoms with Gasteiger partial charge < -0.3 is 14.2 Å². The Balaban J connectivity index is 1.68. The number of benzene rings is 1. The van der Waals surface area contributed by atoms with E-state index in [2.05, 4.69) is 0 Å². The van der Waals surface area contributed by atoms with Gasteiger partial charge in [0.2, 0.25) is 0 Å². The van der Waals surface area contributed by atoms with Crippen LogP contribution in [0, 0.1) is 0 Å². The van der Waals surface area contributed by atoms with Crippen molar-refractivity contribution in [3.05, 3.63) is 29.8 Å². The minimum atomic E-state index is -4.32. The third-order valence-electron chi connectivity index (χ3n) is 2.98. The van der Waals surface area contributed by atoms with Gasteiger partial charge in [-0.2, -0.15) is 13.2 Å². The van der Waals surface area contributed by atoms with Crippen LogP contribution in [0.3, 0.4) is 0 Å². The smallest absolute Gasteiger partial charge is 0.416 e. The fourth-order valence-electron chi connectivity index (χ4n) is 1.92. The average Bonchev–Trinajstić information content (AvgIpc) is 2.44. The van der Waals surface area contributed by atoms with Gasteiger partial charge >= 0.3 is 6.18 Å². The number of alkyl halides is 3. The predicted octanol–water partition coefficient (Wildman–Crippen LogP) is 3.63. The summed E-state index contributed by atoms with van der Waals surface area (Å²) >= 11 is 0. The highest BCUT2D eigenvalue weighted by molar-refractivity contribution is 5.28. The van der Waals surface area contributed by atoms with Gasteiger partial charge in [-0.1, -0.05) is 0 Å². The van der Waals surface area contributed by atoms with Crippen LogP contribution >= 0.6 is 0 Å². The zero-order valence-electron chi connectivity index (χ0n) is 11.0. The van der Waals surface area contributed by atoms with Gasteiger partial charge in [-0.3, -0.25) is 0 Å². The summed E-state index contributed by atoms with van der Waals surface area (Å²) in [6.07, 6.45) is -1.48. The van der Waals surface area contributed by atoms with Crippen LogP contribution in [-0.2, 0) is 15.7 Å². The summed E-state index contributed by atoms with van der Waals surface area (Å²) < 4.78 is 53.2. The van der Waals surface area contributed by atoms with Crippen molar-refractivity contribution in [2.45, 2.75) is 31.7 Å². The molecule has 0 N–H and O–H groups in total. The maximum absolute atomic E-state index is 12.4. The van der Waals surface area contributed by atoms with Crippen LogP contribution in [0.25, 0.3) is 0 Å². The van der Waals surface area contributed by atoms with Gasteiger partial charge in [0.05, 0.1) is 12.2 Å². The zero-order valence-corrected chi connectivity index (χ0v) is 11.0. The van der Waals surface area contributed by atoms with Crippen molar-refractivity contribution in [3.8, 4) is 5.75 Å². The molecular weight excluding hydrogens is 273 g/mol. The molecule has 1 aromatic carbocycles. The van der Waals surface area contributed by atoms with Crippen molar-refractivity contribution >= 4 is 0 Å². The molecule has 1 unspecified atom stereocenters. The van der Waals surface area contributed by atoms with E-state index in [-0.39, 0.29) is 12.9 Å². The third kappa shape index (κ3) is 4.68. The van der Waals surface area contributed by atoms with Crippen LogP contribution in [-0.4, -0.2) is 26.1 Å². The quantitative estimate of drug-likeness (QED) is 0.775. The Labute approximate surface area is 115 Å². The second-order valence-corrected chi connectivity index (χ2v) is 4.54. The fraction of sp³-hybridized carbons (Fsp3) is 0.571. The Morgan fingerprint density at radius 2 is 1.85 bits per heavy atom. The lowest BCUT2D eigenvalue weighted by Crippen LogP contribution is -2.24. The van der Waals surface area contributed by atoms with Crippen molar-refractivity contribution in [1.29, 1.82) is 0 Å². The van der Waals surface area contributed by atoms with E-state index < -0.39 is 11.7 Å². The average molecular weight is 290 g/mol. The summed E-state index contributed by atoms with van der Waals surface area (Å²) in [4.78, 5) is 0. The summed E-state index contributed by atoms with van der Waals surface area (Å²) in [6.45, 7) is 1.35. The summed E-state index contributed by atoms with van der Waals surface area (Å²) in [7, 11) is 0. The first-order chi connectivity index (χ1) is 9.55. The first kappa shape index (κ1) is 15.1. The van der Waals surface area contributed by atoms with Crippen LogP contribution < -0.4 is 4.74 Å². The van der Waals surface area contributed by atoms with E-state index in [0.717, 1.165) is 31.4 Å². The molecule has 1 atom stereocenters. The highest BCUT2D eigenvalue weighted by Gasteiger charge is 2.29. The Hall–Kier alpha value is -1.27. The van der Waals surface area contributed by atoms with E-state index in [0.29, 0.717) is 19.0 Å². The van der Waals surface area contributed by atoms with Crippen LogP contribution in [0.15, 0.2) is 24.3 Å². The van der Waals surface area contributed by atoms with E-state index in [1.807, 2.05) is 0 Å². The lowest BCUT2D eigenvalue weighted by atomic mass is 10.2. The van der Waals surface area contributed by atoms with Gasteiger partial charge in [-0.25, -0.2) is 0 Å². The molecule has 0 saturated carbocycles. The minimum Gasteiger partial charge on any atom is -0.491 e. The number of halogens is 3. The molecule has 1 aliphatic heterocycles. The standard InChI is InChI=1S/C14H17F3O3/c15-14(16,17)11-4-6-12(7-5-11)18-9-10-20-13-3-1-2-8-19-13/h4-7,13H,1-3,8-10H2. The largest absolute Gasteiger partial charge is 0.491 e. The number of ether oxygens (including phenoxy) is 3. The molecule has 1 fully saturated rings. The molecule has 20 heavy (non-hydrogen) atoms. The Bertz CT molecular complexity index is 397. The van der Waals surface area contributed by atoms with Crippen LogP contribution in [0.5, 0.6) is 5.75 Å². The van der Waals surface area contributed by atoms with E-state index in [1.54, 1.807) is 0 Å². The molecule has 1 aliphatic rings. The molecule has 6 heteroatoms. The molecule has 2 rings (SSSR count). The molecule has 112 valence electrons. The molecule has 0 amide bonds. The SMILES string of the molecule is FC(F)(F)c1ccc(OCCOC2CCCCO2)cc1.